The van der Waals surface area contributed by atoms with E-state index in [0.29, 0.717) is 6.42 Å². The molecule has 0 aromatic heterocycles. The monoisotopic (exact) mass is 584 g/mol. The van der Waals surface area contributed by atoms with E-state index in [1.165, 1.54) is 22.3 Å². The number of aliphatic hydroxyl groups is 2. The van der Waals surface area contributed by atoms with E-state index in [-0.39, 0.29) is 23.0 Å². The van der Waals surface area contributed by atoms with E-state index in [1.54, 1.807) is 0 Å². The molecule has 0 unspecified atom stereocenters. The zero-order chi connectivity index (χ0) is 32.1. The number of hydrogen-bond acceptors (Lipinski definition) is 3. The fourth-order valence-corrected chi connectivity index (χ4v) is 7.18. The Bertz CT molecular complexity index is 1310. The van der Waals surface area contributed by atoms with E-state index in [4.69, 9.17) is 4.74 Å². The van der Waals surface area contributed by atoms with Gasteiger partial charge in [0.1, 0.15) is 5.60 Å². The van der Waals surface area contributed by atoms with Gasteiger partial charge in [-0.15, -0.1) is 0 Å². The fourth-order valence-electron chi connectivity index (χ4n) is 7.18. The van der Waals surface area contributed by atoms with Gasteiger partial charge >= 0.3 is 0 Å². The van der Waals surface area contributed by atoms with Crippen LogP contribution >= 0.6 is 0 Å². The van der Waals surface area contributed by atoms with Gasteiger partial charge in [-0.25, -0.2) is 0 Å². The summed E-state index contributed by atoms with van der Waals surface area (Å²) in [6.07, 6.45) is 32.7. The van der Waals surface area contributed by atoms with E-state index < -0.39 is 11.2 Å². The summed E-state index contributed by atoms with van der Waals surface area (Å²) in [6, 6.07) is 0. The number of fused-ring (bicyclic) bond motifs is 2. The molecule has 234 valence electrons. The van der Waals surface area contributed by atoms with Crippen LogP contribution in [0, 0.1) is 10.8 Å². The molecule has 0 aromatic carbocycles. The number of allylic oxidation sites excluding steroid dienone is 18. The third-order valence-electron chi connectivity index (χ3n) is 9.36. The van der Waals surface area contributed by atoms with Crippen molar-refractivity contribution in [3.05, 3.63) is 119 Å². The van der Waals surface area contributed by atoms with Gasteiger partial charge in [0.25, 0.3) is 0 Å². The molecule has 3 rings (SSSR count). The van der Waals surface area contributed by atoms with Crippen molar-refractivity contribution in [2.45, 2.75) is 118 Å². The third kappa shape index (κ3) is 8.69. The van der Waals surface area contributed by atoms with Gasteiger partial charge in [0.2, 0.25) is 0 Å². The number of ether oxygens (including phenoxy) is 1. The minimum atomic E-state index is -0.844. The SMILES string of the molecule is CC1=C(/C=C/C(C)=C/C=C/C(C)=C/C=C/C=C(C)\C=C\C=C(C)\C=C\[C@@]23O[C@@H](CC2(C)C)C[C@@]3(C)O)C(C)(C)C[C@H](O)C1. The molecule has 3 heteroatoms. The Kier molecular flexibility index (Phi) is 11.3. The molecule has 2 fully saturated rings. The van der Waals surface area contributed by atoms with Crippen molar-refractivity contribution >= 4 is 0 Å². The normalized spacial score (nSPS) is 32.3. The molecule has 3 aliphatic rings. The Morgan fingerprint density at radius 1 is 0.721 bits per heavy atom. The first-order valence-corrected chi connectivity index (χ1v) is 15.9. The number of hydrogen-bond donors (Lipinski definition) is 2. The molecule has 2 bridgehead atoms. The maximum absolute atomic E-state index is 11.1. The quantitative estimate of drug-likeness (QED) is 0.251. The van der Waals surface area contributed by atoms with Gasteiger partial charge in [0.15, 0.2) is 0 Å². The van der Waals surface area contributed by atoms with Crippen LogP contribution in [-0.2, 0) is 4.74 Å². The number of rotatable bonds is 10. The van der Waals surface area contributed by atoms with Crippen LogP contribution in [0.1, 0.15) is 94.9 Å². The van der Waals surface area contributed by atoms with Crippen molar-refractivity contribution in [2.24, 2.45) is 10.8 Å². The minimum absolute atomic E-state index is 0.00123. The summed E-state index contributed by atoms with van der Waals surface area (Å²) in [5.41, 5.74) is 5.72. The van der Waals surface area contributed by atoms with Gasteiger partial charge in [-0.1, -0.05) is 135 Å². The van der Waals surface area contributed by atoms with E-state index in [9.17, 15) is 10.2 Å². The maximum atomic E-state index is 11.1. The lowest BCUT2D eigenvalue weighted by Crippen LogP contribution is -2.56. The first-order valence-electron chi connectivity index (χ1n) is 15.9. The molecule has 0 aromatic rings. The first-order chi connectivity index (χ1) is 20.0. The highest BCUT2D eigenvalue weighted by atomic mass is 16.5. The molecule has 0 amide bonds. The van der Waals surface area contributed by atoms with E-state index in [1.807, 2.05) is 6.92 Å². The lowest BCUT2D eigenvalue weighted by molar-refractivity contribution is -0.115. The van der Waals surface area contributed by atoms with E-state index in [2.05, 4.69) is 147 Å². The Morgan fingerprint density at radius 2 is 1.23 bits per heavy atom. The van der Waals surface area contributed by atoms with Crippen molar-refractivity contribution < 1.29 is 14.9 Å². The van der Waals surface area contributed by atoms with Crippen molar-refractivity contribution in [1.82, 2.24) is 0 Å². The highest BCUT2D eigenvalue weighted by Crippen LogP contribution is 2.60. The van der Waals surface area contributed by atoms with Gasteiger partial charge in [-0.3, -0.25) is 0 Å². The Labute approximate surface area is 262 Å². The molecule has 0 spiro atoms. The Morgan fingerprint density at radius 3 is 1.74 bits per heavy atom. The van der Waals surface area contributed by atoms with Crippen LogP contribution in [0.2, 0.25) is 0 Å². The van der Waals surface area contributed by atoms with Gasteiger partial charge in [0.05, 0.1) is 17.8 Å². The second kappa shape index (κ2) is 13.9. The first kappa shape index (κ1) is 34.8. The molecule has 0 saturated carbocycles. The van der Waals surface area contributed by atoms with E-state index in [0.717, 1.165) is 30.4 Å². The van der Waals surface area contributed by atoms with Crippen LogP contribution in [0.25, 0.3) is 0 Å². The smallest absolute Gasteiger partial charge is 0.120 e. The van der Waals surface area contributed by atoms with Crippen molar-refractivity contribution in [3.63, 3.8) is 0 Å². The molecule has 2 saturated heterocycles. The van der Waals surface area contributed by atoms with Gasteiger partial charge in [0, 0.05) is 11.8 Å². The van der Waals surface area contributed by atoms with E-state index >= 15 is 0 Å². The second-order valence-corrected chi connectivity index (χ2v) is 14.6. The minimum Gasteiger partial charge on any atom is -0.393 e. The van der Waals surface area contributed by atoms with Crippen LogP contribution in [0.5, 0.6) is 0 Å². The average Bonchev–Trinajstić information content (AvgIpc) is 3.28. The number of aliphatic hydroxyl groups excluding tert-OH is 1. The summed E-state index contributed by atoms with van der Waals surface area (Å²) in [5, 5.41) is 21.2. The lowest BCUT2D eigenvalue weighted by Gasteiger charge is -2.46. The van der Waals surface area contributed by atoms with Crippen molar-refractivity contribution in [3.8, 4) is 0 Å². The van der Waals surface area contributed by atoms with Crippen LogP contribution in [0.4, 0.5) is 0 Å². The summed E-state index contributed by atoms with van der Waals surface area (Å²) in [5.74, 6) is 0. The predicted molar refractivity (Wildman–Crippen MR) is 184 cm³/mol. The summed E-state index contributed by atoms with van der Waals surface area (Å²) in [7, 11) is 0. The Balaban J connectivity index is 1.52. The average molecular weight is 585 g/mol. The molecule has 1 aliphatic carbocycles. The zero-order valence-electron chi connectivity index (χ0n) is 28.4. The molecule has 43 heavy (non-hydrogen) atoms. The molecule has 3 nitrogen and oxygen atoms in total. The zero-order valence-corrected chi connectivity index (χ0v) is 28.4. The largest absolute Gasteiger partial charge is 0.393 e. The lowest BCUT2D eigenvalue weighted by atomic mass is 9.61. The summed E-state index contributed by atoms with van der Waals surface area (Å²) in [4.78, 5) is 0. The Hall–Kier alpha value is -2.72. The van der Waals surface area contributed by atoms with Crippen molar-refractivity contribution in [1.29, 1.82) is 0 Å². The van der Waals surface area contributed by atoms with Gasteiger partial charge in [-0.2, -0.15) is 0 Å². The molecular formula is C40H56O3. The topological polar surface area (TPSA) is 49.7 Å². The molecule has 0 radical (unpaired) electrons. The van der Waals surface area contributed by atoms with Crippen LogP contribution in [0.15, 0.2) is 119 Å². The molecule has 2 aliphatic heterocycles. The summed E-state index contributed by atoms with van der Waals surface area (Å²) >= 11 is 0. The molecular weight excluding hydrogens is 528 g/mol. The second-order valence-electron chi connectivity index (χ2n) is 14.6. The van der Waals surface area contributed by atoms with Gasteiger partial charge in [-0.05, 0) is 77.9 Å². The van der Waals surface area contributed by atoms with Crippen LogP contribution < -0.4 is 0 Å². The molecule has 2 heterocycles. The van der Waals surface area contributed by atoms with Crippen molar-refractivity contribution in [2.75, 3.05) is 0 Å². The standard InChI is InChI=1S/C40H56O3/c1-29(17-13-19-31(3)21-22-36-33(5)25-34(41)26-37(36,6)7)15-11-12-16-30(2)18-14-20-32(4)23-24-40-38(8,9)27-35(43-40)28-39(40,10)42/h11-24,34-35,41-42H,25-28H2,1-10H3/b12-11+,17-13+,18-14+,22-21+,24-23+,29-15+,30-16-,31-19+,32-20+/t34-,35+,39-,40-/m1/s1. The summed E-state index contributed by atoms with van der Waals surface area (Å²) < 4.78 is 6.31. The highest BCUT2D eigenvalue weighted by molar-refractivity contribution is 5.38. The molecule has 4 atom stereocenters. The van der Waals surface area contributed by atoms with Crippen LogP contribution in [0.3, 0.4) is 0 Å². The van der Waals surface area contributed by atoms with Gasteiger partial charge < -0.3 is 14.9 Å². The molecule has 2 N–H and O–H groups in total. The predicted octanol–water partition coefficient (Wildman–Crippen LogP) is 9.76. The maximum Gasteiger partial charge on any atom is 0.120 e. The fraction of sp³-hybridized carbons (Fsp3) is 0.500. The van der Waals surface area contributed by atoms with Crippen LogP contribution in [-0.4, -0.2) is 33.6 Å². The summed E-state index contributed by atoms with van der Waals surface area (Å²) in [6.45, 7) is 21.3. The highest BCUT2D eigenvalue weighted by Gasteiger charge is 2.67. The third-order valence-corrected chi connectivity index (χ3v) is 9.36.